The van der Waals surface area contributed by atoms with Crippen molar-refractivity contribution in [1.29, 1.82) is 0 Å². The van der Waals surface area contributed by atoms with Crippen molar-refractivity contribution in [2.45, 2.75) is 19.0 Å². The molecular weight excluding hydrogens is 236 g/mol. The number of carbonyl (C=O) groups is 1. The minimum Gasteiger partial charge on any atom is -0.394 e. The van der Waals surface area contributed by atoms with Gasteiger partial charge in [-0.3, -0.25) is 9.59 Å². The van der Waals surface area contributed by atoms with Crippen molar-refractivity contribution in [3.05, 3.63) is 34.7 Å². The Bertz CT molecular complexity index is 430. The number of carbonyl (C=O) groups excluding carboxylic acids is 1. The Labute approximate surface area is 105 Å². The number of pyridine rings is 1. The van der Waals surface area contributed by atoms with Gasteiger partial charge in [0.15, 0.2) is 0 Å². The van der Waals surface area contributed by atoms with Crippen molar-refractivity contribution in [1.82, 2.24) is 9.88 Å². The number of hydrogen-bond donors (Lipinski definition) is 2. The monoisotopic (exact) mass is 254 g/mol. The molecule has 6 heteroatoms. The summed E-state index contributed by atoms with van der Waals surface area (Å²) in [6.45, 7) is 0.398. The summed E-state index contributed by atoms with van der Waals surface area (Å²) in [5, 5.41) is 11.6. The van der Waals surface area contributed by atoms with Crippen LogP contribution in [0, 0.1) is 0 Å². The molecule has 6 nitrogen and oxygen atoms in total. The fourth-order valence-electron chi connectivity index (χ4n) is 1.51. The molecule has 0 aliphatic heterocycles. The van der Waals surface area contributed by atoms with Crippen molar-refractivity contribution in [3.63, 3.8) is 0 Å². The van der Waals surface area contributed by atoms with Gasteiger partial charge in [-0.1, -0.05) is 6.07 Å². The summed E-state index contributed by atoms with van der Waals surface area (Å²) in [6, 6.07) is 4.43. The van der Waals surface area contributed by atoms with E-state index in [4.69, 9.17) is 9.84 Å². The SMILES string of the molecule is COCC(CO)NC(=O)CCn1ccccc1=O. The van der Waals surface area contributed by atoms with E-state index >= 15 is 0 Å². The van der Waals surface area contributed by atoms with Gasteiger partial charge in [0.2, 0.25) is 5.91 Å². The standard InChI is InChI=1S/C12H18N2O4/c1-18-9-10(8-15)13-11(16)5-7-14-6-3-2-4-12(14)17/h2-4,6,10,15H,5,7-9H2,1H3,(H,13,16). The van der Waals surface area contributed by atoms with Crippen molar-refractivity contribution in [2.75, 3.05) is 20.3 Å². The number of rotatable bonds is 7. The van der Waals surface area contributed by atoms with E-state index in [2.05, 4.69) is 5.32 Å². The predicted molar refractivity (Wildman–Crippen MR) is 66.2 cm³/mol. The van der Waals surface area contributed by atoms with Crippen LogP contribution < -0.4 is 10.9 Å². The zero-order valence-electron chi connectivity index (χ0n) is 10.3. The van der Waals surface area contributed by atoms with Crippen molar-refractivity contribution in [3.8, 4) is 0 Å². The Hall–Kier alpha value is -1.66. The fourth-order valence-corrected chi connectivity index (χ4v) is 1.51. The van der Waals surface area contributed by atoms with E-state index in [0.717, 1.165) is 0 Å². The molecule has 1 unspecified atom stereocenters. The highest BCUT2D eigenvalue weighted by molar-refractivity contribution is 5.76. The molecular formula is C12H18N2O4. The molecule has 0 saturated carbocycles. The highest BCUT2D eigenvalue weighted by atomic mass is 16.5. The number of amides is 1. The summed E-state index contributed by atoms with van der Waals surface area (Å²) < 4.78 is 6.31. The minimum absolute atomic E-state index is 0.138. The zero-order chi connectivity index (χ0) is 13.4. The third-order valence-electron chi connectivity index (χ3n) is 2.43. The smallest absolute Gasteiger partial charge is 0.250 e. The lowest BCUT2D eigenvalue weighted by atomic mass is 10.3. The number of nitrogens with one attached hydrogen (secondary N) is 1. The quantitative estimate of drug-likeness (QED) is 0.678. The van der Waals surface area contributed by atoms with Gasteiger partial charge >= 0.3 is 0 Å². The molecule has 1 aromatic heterocycles. The van der Waals surface area contributed by atoms with Gasteiger partial charge in [0.05, 0.1) is 19.3 Å². The highest BCUT2D eigenvalue weighted by Gasteiger charge is 2.10. The third-order valence-corrected chi connectivity index (χ3v) is 2.43. The van der Waals surface area contributed by atoms with Crippen molar-refractivity contribution >= 4 is 5.91 Å². The van der Waals surface area contributed by atoms with Crippen LogP contribution in [0.4, 0.5) is 0 Å². The van der Waals surface area contributed by atoms with E-state index in [0.29, 0.717) is 6.54 Å². The first-order chi connectivity index (χ1) is 8.67. The molecule has 0 aliphatic rings. The largest absolute Gasteiger partial charge is 0.394 e. The summed E-state index contributed by atoms with van der Waals surface area (Å²) in [4.78, 5) is 23.0. The molecule has 0 aromatic carbocycles. The lowest BCUT2D eigenvalue weighted by molar-refractivity contribution is -0.122. The Morgan fingerprint density at radius 2 is 2.33 bits per heavy atom. The van der Waals surface area contributed by atoms with E-state index in [-0.39, 0.29) is 31.1 Å². The van der Waals surface area contributed by atoms with Gasteiger partial charge in [-0.05, 0) is 6.07 Å². The van der Waals surface area contributed by atoms with Gasteiger partial charge in [0.25, 0.3) is 5.56 Å². The number of aromatic nitrogens is 1. The molecule has 1 aromatic rings. The highest BCUT2D eigenvalue weighted by Crippen LogP contribution is 1.90. The first-order valence-corrected chi connectivity index (χ1v) is 5.72. The van der Waals surface area contributed by atoms with Crippen LogP contribution in [0.5, 0.6) is 0 Å². The molecule has 0 bridgehead atoms. The van der Waals surface area contributed by atoms with Crippen LogP contribution >= 0.6 is 0 Å². The second kappa shape index (κ2) is 7.62. The molecule has 2 N–H and O–H groups in total. The van der Waals surface area contributed by atoms with Crippen LogP contribution in [0.15, 0.2) is 29.2 Å². The topological polar surface area (TPSA) is 80.6 Å². The van der Waals surface area contributed by atoms with Gasteiger partial charge in [-0.25, -0.2) is 0 Å². The molecule has 1 rings (SSSR count). The minimum atomic E-state index is -0.407. The van der Waals surface area contributed by atoms with Gasteiger partial charge in [-0.2, -0.15) is 0 Å². The zero-order valence-corrected chi connectivity index (χ0v) is 10.3. The number of nitrogens with zero attached hydrogens (tertiary/aromatic N) is 1. The number of ether oxygens (including phenoxy) is 1. The molecule has 1 amide bonds. The first kappa shape index (κ1) is 14.4. The number of methoxy groups -OCH3 is 1. The summed E-state index contributed by atoms with van der Waals surface area (Å²) in [6.07, 6.45) is 1.82. The average molecular weight is 254 g/mol. The molecule has 0 radical (unpaired) electrons. The van der Waals surface area contributed by atoms with Crippen LogP contribution in [-0.2, 0) is 16.1 Å². The molecule has 1 heterocycles. The van der Waals surface area contributed by atoms with E-state index in [1.807, 2.05) is 0 Å². The van der Waals surface area contributed by atoms with Crippen LogP contribution in [-0.4, -0.2) is 41.9 Å². The van der Waals surface area contributed by atoms with E-state index in [1.54, 1.807) is 18.3 Å². The number of hydrogen-bond acceptors (Lipinski definition) is 4. The molecule has 0 saturated heterocycles. The van der Waals surface area contributed by atoms with Gasteiger partial charge in [0.1, 0.15) is 0 Å². The maximum atomic E-state index is 11.6. The first-order valence-electron chi connectivity index (χ1n) is 5.72. The number of aryl methyl sites for hydroxylation is 1. The van der Waals surface area contributed by atoms with Crippen LogP contribution in [0.3, 0.4) is 0 Å². The summed E-state index contributed by atoms with van der Waals surface area (Å²) >= 11 is 0. The average Bonchev–Trinajstić information content (AvgIpc) is 2.37. The molecule has 0 spiro atoms. The Kier molecular flexibility index (Phi) is 6.10. The van der Waals surface area contributed by atoms with Crippen LogP contribution in [0.2, 0.25) is 0 Å². The van der Waals surface area contributed by atoms with E-state index < -0.39 is 6.04 Å². The van der Waals surface area contributed by atoms with Crippen LogP contribution in [0.25, 0.3) is 0 Å². The third kappa shape index (κ3) is 4.68. The number of aliphatic hydroxyl groups excluding tert-OH is 1. The lowest BCUT2D eigenvalue weighted by Gasteiger charge is -2.15. The summed E-state index contributed by atoms with van der Waals surface area (Å²) in [5.74, 6) is -0.221. The predicted octanol–water partition coefficient (Wildman–Crippen LogP) is -0.638. The maximum absolute atomic E-state index is 11.6. The van der Waals surface area contributed by atoms with Gasteiger partial charge in [-0.15, -0.1) is 0 Å². The summed E-state index contributed by atoms with van der Waals surface area (Å²) in [5.41, 5.74) is -0.138. The molecule has 18 heavy (non-hydrogen) atoms. The van der Waals surface area contributed by atoms with Crippen molar-refractivity contribution in [2.24, 2.45) is 0 Å². The fraction of sp³-hybridized carbons (Fsp3) is 0.500. The maximum Gasteiger partial charge on any atom is 0.250 e. The Morgan fingerprint density at radius 3 is 2.94 bits per heavy atom. The number of aliphatic hydroxyl groups is 1. The lowest BCUT2D eigenvalue weighted by Crippen LogP contribution is -2.41. The normalized spacial score (nSPS) is 12.1. The van der Waals surface area contributed by atoms with E-state index in [9.17, 15) is 9.59 Å². The van der Waals surface area contributed by atoms with Gasteiger partial charge in [0, 0.05) is 32.3 Å². The van der Waals surface area contributed by atoms with E-state index in [1.165, 1.54) is 17.7 Å². The Balaban J connectivity index is 2.42. The summed E-state index contributed by atoms with van der Waals surface area (Å²) in [7, 11) is 1.50. The molecule has 100 valence electrons. The van der Waals surface area contributed by atoms with Crippen molar-refractivity contribution < 1.29 is 14.6 Å². The van der Waals surface area contributed by atoms with Gasteiger partial charge < -0.3 is 19.7 Å². The molecule has 1 atom stereocenters. The van der Waals surface area contributed by atoms with Crippen LogP contribution in [0.1, 0.15) is 6.42 Å². The second-order valence-corrected chi connectivity index (χ2v) is 3.88. The molecule has 0 aliphatic carbocycles. The molecule has 0 fully saturated rings. The second-order valence-electron chi connectivity index (χ2n) is 3.88. The Morgan fingerprint density at radius 1 is 1.56 bits per heavy atom.